The zero-order valence-electron chi connectivity index (χ0n) is 24.3. The third-order valence-electron chi connectivity index (χ3n) is 8.86. The Morgan fingerprint density at radius 1 is 1.00 bits per heavy atom. The molecule has 4 rings (SSSR count). The first kappa shape index (κ1) is 29.1. The number of amides is 1. The normalized spacial score (nSPS) is 24.7. The largest absolute Gasteiger partial charge is 0.356 e. The molecule has 3 heterocycles. The van der Waals surface area contributed by atoms with Crippen molar-refractivity contribution in [2.24, 2.45) is 5.92 Å². The molecule has 38 heavy (non-hydrogen) atoms. The Morgan fingerprint density at radius 2 is 1.74 bits per heavy atom. The van der Waals surface area contributed by atoms with Crippen molar-refractivity contribution >= 4 is 17.7 Å². The number of anilines is 2. The lowest BCUT2D eigenvalue weighted by Gasteiger charge is -2.47. The van der Waals surface area contributed by atoms with Crippen molar-refractivity contribution in [3.63, 3.8) is 0 Å². The van der Waals surface area contributed by atoms with Gasteiger partial charge in [-0.1, -0.05) is 46.0 Å². The predicted octanol–water partition coefficient (Wildman–Crippen LogP) is 4.58. The molecule has 3 N–H and O–H groups in total. The van der Waals surface area contributed by atoms with Crippen molar-refractivity contribution < 1.29 is 4.79 Å². The Bertz CT molecular complexity index is 836. The first-order chi connectivity index (χ1) is 18.5. The van der Waals surface area contributed by atoms with Crippen LogP contribution in [-0.2, 0) is 4.79 Å². The third-order valence-corrected chi connectivity index (χ3v) is 8.86. The molecule has 1 saturated carbocycles. The number of rotatable bonds is 11. The van der Waals surface area contributed by atoms with Crippen LogP contribution in [0.4, 0.5) is 11.8 Å². The van der Waals surface area contributed by atoms with Crippen LogP contribution in [-0.4, -0.2) is 78.2 Å². The van der Waals surface area contributed by atoms with Crippen molar-refractivity contribution in [2.45, 2.75) is 121 Å². The predicted molar refractivity (Wildman–Crippen MR) is 157 cm³/mol. The van der Waals surface area contributed by atoms with E-state index in [1.807, 2.05) is 13.2 Å². The fourth-order valence-corrected chi connectivity index (χ4v) is 6.84. The Balaban J connectivity index is 1.44. The lowest BCUT2D eigenvalue weighted by molar-refractivity contribution is -0.123. The molecule has 8 heteroatoms. The summed E-state index contributed by atoms with van der Waals surface area (Å²) in [7, 11) is 1.89. The topological polar surface area (TPSA) is 85.4 Å². The Morgan fingerprint density at radius 3 is 2.45 bits per heavy atom. The number of likely N-dealkylation sites (N-methyl/N-ethyl adjacent to an activating group) is 1. The van der Waals surface area contributed by atoms with E-state index in [1.165, 1.54) is 64.2 Å². The van der Waals surface area contributed by atoms with Crippen molar-refractivity contribution in [1.29, 1.82) is 0 Å². The van der Waals surface area contributed by atoms with Gasteiger partial charge in [0.2, 0.25) is 11.9 Å². The van der Waals surface area contributed by atoms with Crippen LogP contribution in [0.25, 0.3) is 0 Å². The van der Waals surface area contributed by atoms with Gasteiger partial charge in [-0.25, -0.2) is 4.98 Å². The number of hydrogen-bond donors (Lipinski definition) is 3. The molecule has 0 aromatic carbocycles. The van der Waals surface area contributed by atoms with E-state index in [4.69, 9.17) is 4.98 Å². The molecule has 1 aromatic rings. The monoisotopic (exact) mass is 527 g/mol. The van der Waals surface area contributed by atoms with Gasteiger partial charge in [-0.2, -0.15) is 4.98 Å². The van der Waals surface area contributed by atoms with Gasteiger partial charge >= 0.3 is 0 Å². The zero-order valence-corrected chi connectivity index (χ0v) is 24.3. The number of hydrogen-bond acceptors (Lipinski definition) is 7. The summed E-state index contributed by atoms with van der Waals surface area (Å²) >= 11 is 0. The standard InChI is InChI=1S/C30H53N7O/c1-23(2)22-26(31-3)29(38)32-17-15-27-25(14-11-21-37(27)24-12-7-6-8-13-24)34-30-33-18-16-28(35-30)36-19-9-4-5-10-20-36/h16,18,23-27,31H,4-15,17,19-22H2,1-3H3,(H,32,38)(H,33,34,35). The minimum Gasteiger partial charge on any atom is -0.356 e. The second-order valence-corrected chi connectivity index (χ2v) is 12.2. The van der Waals surface area contributed by atoms with E-state index in [0.29, 0.717) is 24.5 Å². The molecule has 3 fully saturated rings. The maximum atomic E-state index is 12.9. The average molecular weight is 528 g/mol. The van der Waals surface area contributed by atoms with Crippen molar-refractivity contribution in [2.75, 3.05) is 43.4 Å². The molecular formula is C30H53N7O. The van der Waals surface area contributed by atoms with Crippen LogP contribution in [0.2, 0.25) is 0 Å². The molecule has 2 aliphatic heterocycles. The highest BCUT2D eigenvalue weighted by molar-refractivity contribution is 5.81. The molecule has 0 bridgehead atoms. The smallest absolute Gasteiger partial charge is 0.237 e. The van der Waals surface area contributed by atoms with Gasteiger partial charge in [0.1, 0.15) is 5.82 Å². The van der Waals surface area contributed by atoms with E-state index in [9.17, 15) is 4.79 Å². The van der Waals surface area contributed by atoms with E-state index >= 15 is 0 Å². The van der Waals surface area contributed by atoms with Crippen molar-refractivity contribution in [3.05, 3.63) is 12.3 Å². The number of carbonyl (C=O) groups is 1. The van der Waals surface area contributed by atoms with E-state index in [1.54, 1.807) is 0 Å². The SMILES string of the molecule is CNC(CC(C)C)C(=O)NCCC1C(Nc2nccc(N3CCCCCC3)n2)CCCN1C1CCCCC1. The summed E-state index contributed by atoms with van der Waals surface area (Å²) in [4.78, 5) is 27.7. The molecule has 1 aromatic heterocycles. The lowest BCUT2D eigenvalue weighted by Crippen LogP contribution is -2.56. The van der Waals surface area contributed by atoms with Gasteiger partial charge < -0.3 is 20.9 Å². The Labute approximate surface area is 231 Å². The lowest BCUT2D eigenvalue weighted by atomic mass is 9.87. The van der Waals surface area contributed by atoms with Gasteiger partial charge in [0, 0.05) is 44.0 Å². The number of likely N-dealkylation sites (tertiary alicyclic amines) is 1. The molecule has 3 unspecified atom stereocenters. The summed E-state index contributed by atoms with van der Waals surface area (Å²) in [5.41, 5.74) is 0. The van der Waals surface area contributed by atoms with Gasteiger partial charge in [-0.05, 0) is 76.9 Å². The van der Waals surface area contributed by atoms with Crippen LogP contribution in [0.1, 0.15) is 97.3 Å². The minimum atomic E-state index is -0.125. The second kappa shape index (κ2) is 15.0. The average Bonchev–Trinajstić information content (AvgIpc) is 3.23. The van der Waals surface area contributed by atoms with Gasteiger partial charge in [0.25, 0.3) is 0 Å². The molecular weight excluding hydrogens is 474 g/mol. The van der Waals surface area contributed by atoms with Gasteiger partial charge in [0.15, 0.2) is 0 Å². The first-order valence-corrected chi connectivity index (χ1v) is 15.6. The van der Waals surface area contributed by atoms with E-state index in [-0.39, 0.29) is 18.0 Å². The van der Waals surface area contributed by atoms with Crippen LogP contribution >= 0.6 is 0 Å². The molecule has 3 aliphatic rings. The third kappa shape index (κ3) is 8.28. The summed E-state index contributed by atoms with van der Waals surface area (Å²) in [6, 6.07) is 3.26. The maximum Gasteiger partial charge on any atom is 0.237 e. The fraction of sp³-hybridized carbons (Fsp3) is 0.833. The molecule has 2 saturated heterocycles. The van der Waals surface area contributed by atoms with Gasteiger partial charge in [0.05, 0.1) is 6.04 Å². The highest BCUT2D eigenvalue weighted by Crippen LogP contribution is 2.31. The highest BCUT2D eigenvalue weighted by Gasteiger charge is 2.36. The molecule has 0 radical (unpaired) electrons. The fourth-order valence-electron chi connectivity index (χ4n) is 6.84. The number of aromatic nitrogens is 2. The highest BCUT2D eigenvalue weighted by atomic mass is 16.2. The van der Waals surface area contributed by atoms with Crippen LogP contribution in [0.5, 0.6) is 0 Å². The second-order valence-electron chi connectivity index (χ2n) is 12.2. The summed E-state index contributed by atoms with van der Waals surface area (Å²) in [6.07, 6.45) is 17.8. The summed E-state index contributed by atoms with van der Waals surface area (Å²) < 4.78 is 0. The molecule has 214 valence electrons. The quantitative estimate of drug-likeness (QED) is 0.389. The summed E-state index contributed by atoms with van der Waals surface area (Å²) in [6.45, 7) is 8.37. The number of piperidine rings is 1. The molecule has 0 spiro atoms. The van der Waals surface area contributed by atoms with E-state index in [2.05, 4.69) is 50.6 Å². The van der Waals surface area contributed by atoms with Crippen LogP contribution in [0, 0.1) is 5.92 Å². The van der Waals surface area contributed by atoms with E-state index < -0.39 is 0 Å². The van der Waals surface area contributed by atoms with Gasteiger partial charge in [-0.3, -0.25) is 9.69 Å². The van der Waals surface area contributed by atoms with Crippen LogP contribution in [0.15, 0.2) is 12.3 Å². The zero-order chi connectivity index (χ0) is 26.7. The summed E-state index contributed by atoms with van der Waals surface area (Å²) in [5, 5.41) is 10.2. The summed E-state index contributed by atoms with van der Waals surface area (Å²) in [5.74, 6) is 2.41. The molecule has 3 atom stereocenters. The Kier molecular flexibility index (Phi) is 11.5. The Hall–Kier alpha value is -1.93. The van der Waals surface area contributed by atoms with Crippen LogP contribution in [0.3, 0.4) is 0 Å². The maximum absolute atomic E-state index is 12.9. The number of nitrogens with zero attached hydrogens (tertiary/aromatic N) is 4. The molecule has 1 amide bonds. The van der Waals surface area contributed by atoms with Crippen molar-refractivity contribution in [3.8, 4) is 0 Å². The number of nitrogens with one attached hydrogen (secondary N) is 3. The van der Waals surface area contributed by atoms with Gasteiger partial charge in [-0.15, -0.1) is 0 Å². The first-order valence-electron chi connectivity index (χ1n) is 15.6. The molecule has 1 aliphatic carbocycles. The van der Waals surface area contributed by atoms with Crippen molar-refractivity contribution in [1.82, 2.24) is 25.5 Å². The number of carbonyl (C=O) groups excluding carboxylic acids is 1. The van der Waals surface area contributed by atoms with E-state index in [0.717, 1.165) is 50.7 Å². The molecule has 8 nitrogen and oxygen atoms in total. The van der Waals surface area contributed by atoms with Crippen LogP contribution < -0.4 is 20.9 Å². The minimum absolute atomic E-state index is 0.124.